The van der Waals surface area contributed by atoms with Crippen LogP contribution in [0.5, 0.6) is 0 Å². The molecule has 41 heavy (non-hydrogen) atoms. The lowest BCUT2D eigenvalue weighted by molar-refractivity contribution is -0.137. The highest BCUT2D eigenvalue weighted by Gasteiger charge is 2.38. The zero-order chi connectivity index (χ0) is 29.0. The molecule has 218 valence electrons. The maximum absolute atomic E-state index is 14.8. The SMILES string of the molecule is CC(C)[C@H](C)C(=O)N1C[C@@H](F)C[C@H]1Cn1c(-c2[nH]c3cc(F)ccc3c2C[C@@H]2C[C@H](F)CN2)nc2cc(F)ccc21. The van der Waals surface area contributed by atoms with E-state index in [1.807, 2.05) is 25.3 Å². The minimum atomic E-state index is -1.15. The van der Waals surface area contributed by atoms with Gasteiger partial charge in [0.25, 0.3) is 0 Å². The Bertz CT molecular complexity index is 1600. The number of carbonyl (C=O) groups is 1. The summed E-state index contributed by atoms with van der Waals surface area (Å²) in [6.45, 7) is 6.38. The van der Waals surface area contributed by atoms with E-state index in [1.165, 1.54) is 24.3 Å². The van der Waals surface area contributed by atoms with Gasteiger partial charge in [-0.05, 0) is 54.7 Å². The number of hydrogen-bond donors (Lipinski definition) is 2. The molecule has 0 spiro atoms. The lowest BCUT2D eigenvalue weighted by Gasteiger charge is -2.29. The van der Waals surface area contributed by atoms with Gasteiger partial charge in [0.1, 0.15) is 24.0 Å². The van der Waals surface area contributed by atoms with Gasteiger partial charge >= 0.3 is 0 Å². The van der Waals surface area contributed by atoms with Gasteiger partial charge in [-0.3, -0.25) is 4.79 Å². The van der Waals surface area contributed by atoms with Crippen molar-refractivity contribution < 1.29 is 22.4 Å². The Hall–Kier alpha value is -3.40. The van der Waals surface area contributed by atoms with E-state index >= 15 is 0 Å². The summed E-state index contributed by atoms with van der Waals surface area (Å²) in [6.07, 6.45) is -1.06. The van der Waals surface area contributed by atoms with Gasteiger partial charge in [0, 0.05) is 48.4 Å². The third-order valence-corrected chi connectivity index (χ3v) is 8.85. The maximum Gasteiger partial charge on any atom is 0.226 e. The van der Waals surface area contributed by atoms with Gasteiger partial charge in [-0.25, -0.2) is 22.5 Å². The van der Waals surface area contributed by atoms with Gasteiger partial charge in [-0.1, -0.05) is 20.8 Å². The molecular formula is C31H35F4N5O. The topological polar surface area (TPSA) is 66.0 Å². The summed E-state index contributed by atoms with van der Waals surface area (Å²) in [4.78, 5) is 23.1. The first-order valence-electron chi connectivity index (χ1n) is 14.4. The third-order valence-electron chi connectivity index (χ3n) is 8.85. The van der Waals surface area contributed by atoms with Crippen molar-refractivity contribution >= 4 is 27.8 Å². The number of imidazole rings is 1. The number of benzene rings is 2. The number of rotatable bonds is 7. The summed E-state index contributed by atoms with van der Waals surface area (Å²) in [7, 11) is 0. The minimum Gasteiger partial charge on any atom is -0.352 e. The van der Waals surface area contributed by atoms with E-state index in [2.05, 4.69) is 10.3 Å². The van der Waals surface area contributed by atoms with Crippen LogP contribution in [0.1, 0.15) is 39.2 Å². The molecule has 0 bridgehead atoms. The van der Waals surface area contributed by atoms with Gasteiger partial charge in [-0.2, -0.15) is 0 Å². The summed E-state index contributed by atoms with van der Waals surface area (Å²) in [5.41, 5.74) is 3.10. The quantitative estimate of drug-likeness (QED) is 0.271. The van der Waals surface area contributed by atoms with Crippen LogP contribution < -0.4 is 5.32 Å². The summed E-state index contributed by atoms with van der Waals surface area (Å²) in [5, 5.41) is 4.02. The second-order valence-corrected chi connectivity index (χ2v) is 12.0. The zero-order valence-electron chi connectivity index (χ0n) is 23.4. The van der Waals surface area contributed by atoms with Gasteiger partial charge < -0.3 is 19.8 Å². The molecule has 0 aliphatic carbocycles. The van der Waals surface area contributed by atoms with Crippen LogP contribution in [-0.2, 0) is 17.8 Å². The van der Waals surface area contributed by atoms with Crippen LogP contribution in [0.15, 0.2) is 36.4 Å². The number of fused-ring (bicyclic) bond motifs is 2. The highest BCUT2D eigenvalue weighted by molar-refractivity contribution is 5.91. The lowest BCUT2D eigenvalue weighted by Crippen LogP contribution is -2.42. The Labute approximate surface area is 236 Å². The van der Waals surface area contributed by atoms with Crippen molar-refractivity contribution in [3.8, 4) is 11.5 Å². The monoisotopic (exact) mass is 569 g/mol. The molecule has 0 radical (unpaired) electrons. The molecule has 2 fully saturated rings. The normalized spacial score (nSPS) is 23.9. The van der Waals surface area contributed by atoms with Gasteiger partial charge in [0.05, 0.1) is 29.3 Å². The molecule has 6 rings (SSSR count). The van der Waals surface area contributed by atoms with Crippen LogP contribution >= 0.6 is 0 Å². The molecule has 4 heterocycles. The standard InChI is InChI=1S/C31H35F4N5O/c1-16(2)17(3)31(41)39-14-21(35)9-23(39)15-40-28-7-5-19(33)11-27(28)38-30(40)29-25(12-22-8-20(34)13-36-22)24-6-4-18(32)10-26(24)37-29/h4-7,10-11,16-17,20-23,36-37H,8-9,12-15H2,1-3H3/t17-,20-,21-,22-,23-/m0/s1. The molecule has 0 saturated carbocycles. The van der Waals surface area contributed by atoms with Crippen molar-refractivity contribution in [2.75, 3.05) is 13.1 Å². The van der Waals surface area contributed by atoms with E-state index in [-0.39, 0.29) is 49.8 Å². The fourth-order valence-electron chi connectivity index (χ4n) is 6.34. The fourth-order valence-corrected chi connectivity index (χ4v) is 6.34. The van der Waals surface area contributed by atoms with Gasteiger partial charge in [0.2, 0.25) is 5.91 Å². The number of nitrogens with one attached hydrogen (secondary N) is 2. The number of hydrogen-bond acceptors (Lipinski definition) is 3. The molecule has 2 aliphatic rings. The number of aromatic amines is 1. The lowest BCUT2D eigenvalue weighted by atomic mass is 9.96. The van der Waals surface area contributed by atoms with Crippen LogP contribution in [0.2, 0.25) is 0 Å². The smallest absolute Gasteiger partial charge is 0.226 e. The maximum atomic E-state index is 14.8. The molecule has 2 aromatic heterocycles. The van der Waals surface area contributed by atoms with Gasteiger partial charge in [0.15, 0.2) is 5.82 Å². The number of alkyl halides is 2. The predicted octanol–water partition coefficient (Wildman–Crippen LogP) is 5.94. The summed E-state index contributed by atoms with van der Waals surface area (Å²) < 4.78 is 59.4. The van der Waals surface area contributed by atoms with Crippen LogP contribution in [0.4, 0.5) is 17.6 Å². The molecule has 2 saturated heterocycles. The van der Waals surface area contributed by atoms with Crippen molar-refractivity contribution in [1.82, 2.24) is 24.8 Å². The number of carbonyl (C=O) groups excluding carboxylic acids is 1. The second-order valence-electron chi connectivity index (χ2n) is 12.0. The summed E-state index contributed by atoms with van der Waals surface area (Å²) in [6, 6.07) is 8.30. The molecular weight excluding hydrogens is 534 g/mol. The number of aromatic nitrogens is 3. The number of nitrogens with zero attached hydrogens (tertiary/aromatic N) is 3. The van der Waals surface area contributed by atoms with Crippen molar-refractivity contribution in [3.63, 3.8) is 0 Å². The van der Waals surface area contributed by atoms with Crippen molar-refractivity contribution in [1.29, 1.82) is 0 Å². The van der Waals surface area contributed by atoms with Crippen molar-refractivity contribution in [3.05, 3.63) is 53.6 Å². The van der Waals surface area contributed by atoms with Crippen LogP contribution in [0, 0.1) is 23.5 Å². The predicted molar refractivity (Wildman–Crippen MR) is 151 cm³/mol. The first kappa shape index (κ1) is 27.8. The van der Waals surface area contributed by atoms with Crippen LogP contribution in [-0.4, -0.2) is 62.9 Å². The Morgan fingerprint density at radius 3 is 2.54 bits per heavy atom. The average molecular weight is 570 g/mol. The molecule has 1 amide bonds. The largest absolute Gasteiger partial charge is 0.352 e. The molecule has 2 aromatic carbocycles. The molecule has 4 aromatic rings. The van der Waals surface area contributed by atoms with Gasteiger partial charge in [-0.15, -0.1) is 0 Å². The highest BCUT2D eigenvalue weighted by atomic mass is 19.1. The number of H-pyrrole nitrogens is 1. The van der Waals surface area contributed by atoms with Crippen LogP contribution in [0.25, 0.3) is 33.5 Å². The van der Waals surface area contributed by atoms with E-state index < -0.39 is 30.0 Å². The Morgan fingerprint density at radius 2 is 1.80 bits per heavy atom. The third kappa shape index (κ3) is 5.22. The van der Waals surface area contributed by atoms with E-state index in [0.29, 0.717) is 40.9 Å². The second kappa shape index (κ2) is 10.8. The summed E-state index contributed by atoms with van der Waals surface area (Å²) >= 11 is 0. The highest BCUT2D eigenvalue weighted by Crippen LogP contribution is 2.36. The molecule has 2 aliphatic heterocycles. The molecule has 5 atom stereocenters. The minimum absolute atomic E-state index is 0.0335. The first-order valence-corrected chi connectivity index (χ1v) is 14.4. The average Bonchev–Trinajstić information content (AvgIpc) is 3.68. The Morgan fingerprint density at radius 1 is 1.05 bits per heavy atom. The molecule has 2 N–H and O–H groups in total. The van der Waals surface area contributed by atoms with Crippen LogP contribution in [0.3, 0.4) is 0 Å². The molecule has 10 heteroatoms. The van der Waals surface area contributed by atoms with E-state index in [0.717, 1.165) is 10.9 Å². The zero-order valence-corrected chi connectivity index (χ0v) is 23.4. The van der Waals surface area contributed by atoms with E-state index in [9.17, 15) is 22.4 Å². The Balaban J connectivity index is 1.47. The molecule has 0 unspecified atom stereocenters. The fraction of sp³-hybridized carbons (Fsp3) is 0.484. The first-order chi connectivity index (χ1) is 19.6. The molecule has 6 nitrogen and oxygen atoms in total. The Kier molecular flexibility index (Phi) is 7.30. The summed E-state index contributed by atoms with van der Waals surface area (Å²) in [5.74, 6) is -0.593. The van der Waals surface area contributed by atoms with Crippen molar-refractivity contribution in [2.24, 2.45) is 11.8 Å². The number of halogens is 4. The van der Waals surface area contributed by atoms with E-state index in [1.54, 1.807) is 17.0 Å². The van der Waals surface area contributed by atoms with Crippen molar-refractivity contribution in [2.45, 2.75) is 71.0 Å². The number of amides is 1. The van der Waals surface area contributed by atoms with E-state index in [4.69, 9.17) is 4.98 Å². The number of likely N-dealkylation sites (tertiary alicyclic amines) is 1.